The molecule has 22 heavy (non-hydrogen) atoms. The van der Waals surface area contributed by atoms with Crippen LogP contribution in [0.5, 0.6) is 0 Å². The van der Waals surface area contributed by atoms with Crippen LogP contribution in [0.15, 0.2) is 48.5 Å². The van der Waals surface area contributed by atoms with E-state index in [9.17, 15) is 9.65 Å². The number of nitriles is 1. The summed E-state index contributed by atoms with van der Waals surface area (Å²) in [6.07, 6.45) is 0. The zero-order chi connectivity index (χ0) is 15.5. The summed E-state index contributed by atoms with van der Waals surface area (Å²) in [6, 6.07) is 15.3. The first kappa shape index (κ1) is 14.2. The molecule has 0 N–H and O–H groups in total. The van der Waals surface area contributed by atoms with Crippen molar-refractivity contribution in [3.8, 4) is 17.3 Å². The molecule has 0 unspecified atom stereocenters. The molecule has 0 bridgehead atoms. The minimum atomic E-state index is -0.300. The van der Waals surface area contributed by atoms with Crippen molar-refractivity contribution in [2.24, 2.45) is 0 Å². The quantitative estimate of drug-likeness (QED) is 0.741. The number of rotatable bonds is 3. The zero-order valence-corrected chi connectivity index (χ0v) is 12.1. The molecule has 0 aliphatic heterocycles. The van der Waals surface area contributed by atoms with Crippen molar-refractivity contribution in [1.29, 1.82) is 5.26 Å². The second kappa shape index (κ2) is 5.96. The molecule has 3 aromatic rings. The van der Waals surface area contributed by atoms with Crippen molar-refractivity contribution in [2.75, 3.05) is 0 Å². The molecular weight excluding hydrogens is 303 g/mol. The van der Waals surface area contributed by atoms with Crippen molar-refractivity contribution in [3.05, 3.63) is 70.6 Å². The lowest BCUT2D eigenvalue weighted by atomic mass is 10.1. The normalized spacial score (nSPS) is 10.4. The predicted octanol–water partition coefficient (Wildman–Crippen LogP) is 3.66. The van der Waals surface area contributed by atoms with Gasteiger partial charge in [-0.25, -0.2) is 9.07 Å². The lowest BCUT2D eigenvalue weighted by Crippen LogP contribution is -2.04. The van der Waals surface area contributed by atoms with E-state index in [1.165, 1.54) is 12.1 Å². The Bertz CT molecular complexity index is 849. The molecule has 0 atom stereocenters. The van der Waals surface area contributed by atoms with E-state index in [4.69, 9.17) is 11.6 Å². The molecule has 0 amide bonds. The zero-order valence-electron chi connectivity index (χ0n) is 11.4. The largest absolute Gasteiger partial charge is 0.239 e. The molecule has 2 aromatic carbocycles. The summed E-state index contributed by atoms with van der Waals surface area (Å²) < 4.78 is 14.6. The minimum absolute atomic E-state index is 0.204. The van der Waals surface area contributed by atoms with Gasteiger partial charge in [0.05, 0.1) is 11.6 Å². The highest BCUT2D eigenvalue weighted by Crippen LogP contribution is 2.29. The average molecular weight is 313 g/mol. The molecule has 0 aliphatic rings. The van der Waals surface area contributed by atoms with Gasteiger partial charge in [-0.15, -0.1) is 5.10 Å². The lowest BCUT2D eigenvalue weighted by Gasteiger charge is -2.08. The van der Waals surface area contributed by atoms with Crippen molar-refractivity contribution in [1.82, 2.24) is 15.0 Å². The van der Waals surface area contributed by atoms with Crippen molar-refractivity contribution >= 4 is 11.6 Å². The van der Waals surface area contributed by atoms with E-state index in [0.29, 0.717) is 22.8 Å². The average Bonchev–Trinajstić information content (AvgIpc) is 2.93. The number of benzene rings is 2. The number of halogens is 2. The van der Waals surface area contributed by atoms with Gasteiger partial charge >= 0.3 is 0 Å². The maximum Gasteiger partial charge on any atom is 0.190 e. The summed E-state index contributed by atoms with van der Waals surface area (Å²) in [6.45, 7) is 0.371. The fourth-order valence-electron chi connectivity index (χ4n) is 2.18. The Balaban J connectivity index is 2.06. The van der Waals surface area contributed by atoms with Crippen LogP contribution in [0, 0.1) is 17.1 Å². The first-order chi connectivity index (χ1) is 10.7. The lowest BCUT2D eigenvalue weighted by molar-refractivity contribution is 0.622. The second-order valence-corrected chi connectivity index (χ2v) is 5.07. The third kappa shape index (κ3) is 2.69. The minimum Gasteiger partial charge on any atom is -0.239 e. The van der Waals surface area contributed by atoms with Crippen LogP contribution in [0.25, 0.3) is 11.3 Å². The Morgan fingerprint density at radius 2 is 1.86 bits per heavy atom. The molecule has 1 heterocycles. The first-order valence-electron chi connectivity index (χ1n) is 6.52. The van der Waals surface area contributed by atoms with E-state index in [1.807, 2.05) is 24.3 Å². The van der Waals surface area contributed by atoms with Gasteiger partial charge in [0, 0.05) is 5.56 Å². The fraction of sp³-hybridized carbons (Fsp3) is 0.0625. The molecule has 3 rings (SSSR count). The number of aromatic nitrogens is 3. The van der Waals surface area contributed by atoms with Gasteiger partial charge in [-0.05, 0) is 23.8 Å². The van der Waals surface area contributed by atoms with Gasteiger partial charge in [0.1, 0.15) is 17.6 Å². The molecule has 0 spiro atoms. The molecule has 4 nitrogen and oxygen atoms in total. The van der Waals surface area contributed by atoms with E-state index >= 15 is 0 Å². The van der Waals surface area contributed by atoms with E-state index in [0.717, 1.165) is 5.56 Å². The smallest absolute Gasteiger partial charge is 0.190 e. The molecule has 0 saturated heterocycles. The van der Waals surface area contributed by atoms with Crippen molar-refractivity contribution in [2.45, 2.75) is 6.54 Å². The van der Waals surface area contributed by atoms with Crippen LogP contribution >= 0.6 is 11.6 Å². The topological polar surface area (TPSA) is 54.5 Å². The number of hydrogen-bond acceptors (Lipinski definition) is 3. The third-order valence-electron chi connectivity index (χ3n) is 3.22. The number of hydrogen-bond donors (Lipinski definition) is 0. The highest BCUT2D eigenvalue weighted by Gasteiger charge is 2.17. The maximum atomic E-state index is 13.0. The molecule has 0 saturated carbocycles. The van der Waals surface area contributed by atoms with E-state index in [1.54, 1.807) is 22.9 Å². The summed E-state index contributed by atoms with van der Waals surface area (Å²) >= 11 is 6.21. The van der Waals surface area contributed by atoms with Crippen LogP contribution in [0.3, 0.4) is 0 Å². The fourth-order valence-corrected chi connectivity index (χ4v) is 2.41. The molecule has 1 aromatic heterocycles. The Hall–Kier alpha value is -2.71. The van der Waals surface area contributed by atoms with Gasteiger partial charge in [0.15, 0.2) is 5.69 Å². The molecule has 0 fully saturated rings. The van der Waals surface area contributed by atoms with Crippen LogP contribution in [0.1, 0.15) is 11.3 Å². The van der Waals surface area contributed by atoms with Crippen molar-refractivity contribution in [3.63, 3.8) is 0 Å². The summed E-state index contributed by atoms with van der Waals surface area (Å²) in [5.74, 6) is -0.300. The SMILES string of the molecule is N#Cc1nnn(Cc2ccc(F)cc2)c1-c1ccccc1Cl. The first-order valence-corrected chi connectivity index (χ1v) is 6.90. The Kier molecular flexibility index (Phi) is 3.86. The van der Waals surface area contributed by atoms with E-state index in [-0.39, 0.29) is 11.5 Å². The standard InChI is InChI=1S/C16H10ClFN4/c17-14-4-2-1-3-13(14)16-15(9-19)20-21-22(16)10-11-5-7-12(18)8-6-11/h1-8H,10H2. The van der Waals surface area contributed by atoms with Crippen LogP contribution in [0.4, 0.5) is 4.39 Å². The Morgan fingerprint density at radius 3 is 2.55 bits per heavy atom. The van der Waals surface area contributed by atoms with Gasteiger partial charge in [-0.2, -0.15) is 5.26 Å². The molecule has 108 valence electrons. The van der Waals surface area contributed by atoms with Gasteiger partial charge in [-0.3, -0.25) is 0 Å². The molecular formula is C16H10ClFN4. The highest BCUT2D eigenvalue weighted by atomic mass is 35.5. The molecule has 6 heteroatoms. The highest BCUT2D eigenvalue weighted by molar-refractivity contribution is 6.33. The second-order valence-electron chi connectivity index (χ2n) is 4.66. The van der Waals surface area contributed by atoms with Gasteiger partial charge in [-0.1, -0.05) is 47.1 Å². The van der Waals surface area contributed by atoms with Crippen LogP contribution < -0.4 is 0 Å². The van der Waals surface area contributed by atoms with Crippen LogP contribution in [-0.4, -0.2) is 15.0 Å². The summed E-state index contributed by atoms with van der Waals surface area (Å²) in [4.78, 5) is 0. The number of nitrogens with zero attached hydrogens (tertiary/aromatic N) is 4. The van der Waals surface area contributed by atoms with Crippen molar-refractivity contribution < 1.29 is 4.39 Å². The Labute approximate surface area is 131 Å². The summed E-state index contributed by atoms with van der Waals surface area (Å²) in [5, 5.41) is 17.6. The Morgan fingerprint density at radius 1 is 1.14 bits per heavy atom. The van der Waals surface area contributed by atoms with Gasteiger partial charge in [0.25, 0.3) is 0 Å². The third-order valence-corrected chi connectivity index (χ3v) is 3.55. The van der Waals surface area contributed by atoms with E-state index in [2.05, 4.69) is 10.3 Å². The maximum absolute atomic E-state index is 13.0. The molecule has 0 radical (unpaired) electrons. The van der Waals surface area contributed by atoms with Crippen LogP contribution in [-0.2, 0) is 6.54 Å². The summed E-state index contributed by atoms with van der Waals surface area (Å²) in [7, 11) is 0. The molecule has 0 aliphatic carbocycles. The predicted molar refractivity (Wildman–Crippen MR) is 80.7 cm³/mol. The monoisotopic (exact) mass is 312 g/mol. The van der Waals surface area contributed by atoms with Gasteiger partial charge < -0.3 is 0 Å². The summed E-state index contributed by atoms with van der Waals surface area (Å²) in [5.41, 5.74) is 2.30. The van der Waals surface area contributed by atoms with E-state index < -0.39 is 0 Å². The van der Waals surface area contributed by atoms with Gasteiger partial charge in [0.2, 0.25) is 0 Å². The van der Waals surface area contributed by atoms with Crippen LogP contribution in [0.2, 0.25) is 5.02 Å².